The van der Waals surface area contributed by atoms with Crippen LogP contribution in [0.25, 0.3) is 11.3 Å². The molecule has 0 aliphatic carbocycles. The van der Waals surface area contributed by atoms with Gasteiger partial charge in [-0.1, -0.05) is 12.1 Å². The normalized spacial score (nSPS) is 7.25. The van der Waals surface area contributed by atoms with Crippen LogP contribution in [0.3, 0.4) is 0 Å². The molecule has 1 aromatic carbocycles. The molecule has 0 amide bonds. The van der Waals surface area contributed by atoms with E-state index in [-0.39, 0.29) is 66.7 Å². The van der Waals surface area contributed by atoms with E-state index in [4.69, 9.17) is 0 Å². The molecule has 0 fully saturated rings. The fourth-order valence-electron chi connectivity index (χ4n) is 1.07. The Hall–Kier alpha value is 0.314. The largest absolute Gasteiger partial charge is 2.00 e. The summed E-state index contributed by atoms with van der Waals surface area (Å²) in [6.07, 6.45) is 1.79. The van der Waals surface area contributed by atoms with Crippen LogP contribution in [0.5, 0.6) is 0 Å². The number of halogens is 2. The molecular formula is C11H8Cl2LiMgN. The molecule has 0 aliphatic heterocycles. The first-order valence-electron chi connectivity index (χ1n) is 3.85. The maximum Gasteiger partial charge on any atom is 2.00 e. The van der Waals surface area contributed by atoms with E-state index in [0.29, 0.717) is 0 Å². The van der Waals surface area contributed by atoms with Gasteiger partial charge in [0.2, 0.25) is 0 Å². The standard InChI is InChI=1S/C11H8N.2ClH.Li.Mg/c1-2-6-10(7-3-1)11-8-4-5-9-12-11;;;;/h1-6,8-9H;2*1H;;/q-1;;;+1;+2/p-2. The second-order valence-electron chi connectivity index (χ2n) is 2.49. The Bertz CT molecular complexity index is 321. The summed E-state index contributed by atoms with van der Waals surface area (Å²) in [6.45, 7) is 0. The van der Waals surface area contributed by atoms with Crippen molar-refractivity contribution in [1.82, 2.24) is 4.98 Å². The van der Waals surface area contributed by atoms with E-state index >= 15 is 0 Å². The molecule has 16 heavy (non-hydrogen) atoms. The van der Waals surface area contributed by atoms with Gasteiger partial charge in [-0.2, -0.15) is 0 Å². The summed E-state index contributed by atoms with van der Waals surface area (Å²) in [5.74, 6) is 0. The van der Waals surface area contributed by atoms with Crippen LogP contribution in [0.1, 0.15) is 0 Å². The number of benzene rings is 1. The summed E-state index contributed by atoms with van der Waals surface area (Å²) >= 11 is 0. The third-order valence-corrected chi connectivity index (χ3v) is 1.65. The minimum absolute atomic E-state index is 0. The molecule has 0 bridgehead atoms. The maximum atomic E-state index is 4.22. The van der Waals surface area contributed by atoms with Crippen LogP contribution in [0.4, 0.5) is 0 Å². The zero-order valence-electron chi connectivity index (χ0n) is 9.03. The Labute approximate surface area is 137 Å². The number of hydrogen-bond donors (Lipinski definition) is 0. The molecule has 0 saturated carbocycles. The predicted molar refractivity (Wildman–Crippen MR) is 54.3 cm³/mol. The van der Waals surface area contributed by atoms with Gasteiger partial charge in [-0.15, -0.1) is 35.9 Å². The average molecular weight is 256 g/mol. The van der Waals surface area contributed by atoms with Gasteiger partial charge in [0, 0.05) is 6.20 Å². The maximum absolute atomic E-state index is 4.22. The Morgan fingerprint density at radius 1 is 0.938 bits per heavy atom. The van der Waals surface area contributed by atoms with E-state index in [2.05, 4.69) is 11.1 Å². The molecule has 1 aromatic heterocycles. The molecule has 0 aliphatic rings. The van der Waals surface area contributed by atoms with Crippen molar-refractivity contribution >= 4 is 23.1 Å². The summed E-state index contributed by atoms with van der Waals surface area (Å²) in [5.41, 5.74) is 2.01. The summed E-state index contributed by atoms with van der Waals surface area (Å²) in [4.78, 5) is 4.22. The van der Waals surface area contributed by atoms with E-state index in [1.807, 2.05) is 42.5 Å². The zero-order valence-corrected chi connectivity index (χ0v) is 12.0. The molecule has 2 rings (SSSR count). The summed E-state index contributed by atoms with van der Waals surface area (Å²) in [7, 11) is 0. The average Bonchev–Trinajstić information content (AvgIpc) is 2.21. The molecule has 5 heteroatoms. The third kappa shape index (κ3) is 6.15. The van der Waals surface area contributed by atoms with Gasteiger partial charge in [-0.25, -0.2) is 0 Å². The number of aromatic nitrogens is 1. The van der Waals surface area contributed by atoms with Crippen molar-refractivity contribution < 1.29 is 43.7 Å². The van der Waals surface area contributed by atoms with Crippen molar-refractivity contribution in [2.45, 2.75) is 0 Å². The van der Waals surface area contributed by atoms with Crippen LogP contribution in [-0.2, 0) is 0 Å². The molecule has 74 valence electrons. The van der Waals surface area contributed by atoms with Gasteiger partial charge in [0.15, 0.2) is 0 Å². The fourth-order valence-corrected chi connectivity index (χ4v) is 1.07. The second-order valence-corrected chi connectivity index (χ2v) is 2.49. The molecule has 0 saturated heterocycles. The van der Waals surface area contributed by atoms with E-state index in [0.717, 1.165) is 11.3 Å². The van der Waals surface area contributed by atoms with Gasteiger partial charge < -0.3 is 29.8 Å². The van der Waals surface area contributed by atoms with Crippen LogP contribution in [-0.4, -0.2) is 28.0 Å². The topological polar surface area (TPSA) is 12.9 Å². The van der Waals surface area contributed by atoms with Crippen LogP contribution >= 0.6 is 0 Å². The molecule has 0 N–H and O–H groups in total. The number of nitrogens with zero attached hydrogens (tertiary/aromatic N) is 1. The van der Waals surface area contributed by atoms with E-state index in [1.165, 1.54) is 0 Å². The van der Waals surface area contributed by atoms with Crippen molar-refractivity contribution in [2.75, 3.05) is 0 Å². The fraction of sp³-hybridized carbons (Fsp3) is 0. The predicted octanol–water partition coefficient (Wildman–Crippen LogP) is -6.82. The first-order valence-corrected chi connectivity index (χ1v) is 3.85. The van der Waals surface area contributed by atoms with Crippen molar-refractivity contribution in [3.8, 4) is 11.3 Å². The van der Waals surface area contributed by atoms with Crippen molar-refractivity contribution in [3.05, 3.63) is 54.7 Å². The van der Waals surface area contributed by atoms with E-state index < -0.39 is 0 Å². The molecule has 0 unspecified atom stereocenters. The summed E-state index contributed by atoms with van der Waals surface area (Å²) < 4.78 is 0. The first-order chi connectivity index (χ1) is 5.97. The Balaban J connectivity index is -0.000000422. The number of rotatable bonds is 1. The number of pyridine rings is 1. The molecule has 1 heterocycles. The van der Waals surface area contributed by atoms with Crippen LogP contribution in [0.2, 0.25) is 0 Å². The molecule has 0 spiro atoms. The van der Waals surface area contributed by atoms with Gasteiger partial charge in [0.25, 0.3) is 0 Å². The monoisotopic (exact) mass is 255 g/mol. The Morgan fingerprint density at radius 3 is 2.12 bits per heavy atom. The SMILES string of the molecule is [Cl-].[Cl-].[Li+].[Mg+2].[c-]1ccccc1-c1ccccn1. The summed E-state index contributed by atoms with van der Waals surface area (Å²) in [6, 6.07) is 16.8. The van der Waals surface area contributed by atoms with Gasteiger partial charge in [-0.3, -0.25) is 0 Å². The van der Waals surface area contributed by atoms with Crippen molar-refractivity contribution in [3.63, 3.8) is 0 Å². The van der Waals surface area contributed by atoms with Crippen LogP contribution in [0.15, 0.2) is 48.7 Å². The van der Waals surface area contributed by atoms with Gasteiger partial charge >= 0.3 is 41.9 Å². The minimum atomic E-state index is 0. The molecule has 2 aromatic rings. The van der Waals surface area contributed by atoms with E-state index in [9.17, 15) is 0 Å². The van der Waals surface area contributed by atoms with E-state index in [1.54, 1.807) is 6.20 Å². The van der Waals surface area contributed by atoms with Crippen LogP contribution < -0.4 is 43.7 Å². The Kier molecular flexibility index (Phi) is 15.9. The third-order valence-electron chi connectivity index (χ3n) is 1.65. The summed E-state index contributed by atoms with van der Waals surface area (Å²) in [5, 5.41) is 0. The number of hydrogen-bond acceptors (Lipinski definition) is 1. The van der Waals surface area contributed by atoms with Gasteiger partial charge in [0.1, 0.15) is 0 Å². The zero-order chi connectivity index (χ0) is 8.23. The minimum Gasteiger partial charge on any atom is -1.00 e. The molecular weight excluding hydrogens is 248 g/mol. The molecule has 0 radical (unpaired) electrons. The van der Waals surface area contributed by atoms with Crippen molar-refractivity contribution in [2.24, 2.45) is 0 Å². The smallest absolute Gasteiger partial charge is 1.00 e. The second kappa shape index (κ2) is 11.8. The van der Waals surface area contributed by atoms with Gasteiger partial charge in [-0.05, 0) is 11.8 Å². The molecule has 0 atom stereocenters. The van der Waals surface area contributed by atoms with Gasteiger partial charge in [0.05, 0.1) is 0 Å². The molecule has 1 nitrogen and oxygen atoms in total. The first kappa shape index (κ1) is 21.6. The van der Waals surface area contributed by atoms with Crippen LogP contribution in [0, 0.1) is 6.07 Å². The quantitative estimate of drug-likeness (QED) is 0.365. The Morgan fingerprint density at radius 2 is 1.62 bits per heavy atom. The van der Waals surface area contributed by atoms with Crippen molar-refractivity contribution in [1.29, 1.82) is 0 Å².